The lowest BCUT2D eigenvalue weighted by Gasteiger charge is -2.15. The molecule has 25 heavy (non-hydrogen) atoms. The third-order valence-corrected chi connectivity index (χ3v) is 5.25. The fourth-order valence-electron chi connectivity index (χ4n) is 2.23. The summed E-state index contributed by atoms with van der Waals surface area (Å²) in [6.07, 6.45) is 1.01. The molecular formula is C18H20N2O4S. The number of carbonyl (C=O) groups is 1. The van der Waals surface area contributed by atoms with E-state index in [1.807, 2.05) is 18.2 Å². The molecule has 3 rings (SSSR count). The average molecular weight is 360 g/mol. The Morgan fingerprint density at radius 2 is 1.84 bits per heavy atom. The maximum atomic E-state index is 12.3. The minimum Gasteiger partial charge on any atom is -0.481 e. The molecule has 0 aliphatic heterocycles. The van der Waals surface area contributed by atoms with Crippen LogP contribution >= 0.6 is 0 Å². The lowest BCUT2D eigenvalue weighted by atomic mass is 10.3. The third kappa shape index (κ3) is 4.80. The quantitative estimate of drug-likeness (QED) is 0.795. The van der Waals surface area contributed by atoms with Crippen LogP contribution in [0.3, 0.4) is 0 Å². The molecule has 2 N–H and O–H groups in total. The molecule has 0 bridgehead atoms. The molecule has 1 amide bonds. The number of benzene rings is 2. The van der Waals surface area contributed by atoms with Gasteiger partial charge in [-0.05, 0) is 50.1 Å². The van der Waals surface area contributed by atoms with Crippen molar-refractivity contribution in [2.24, 2.45) is 0 Å². The Balaban J connectivity index is 1.66. The molecule has 2 aromatic rings. The van der Waals surface area contributed by atoms with Crippen LogP contribution in [0.4, 0.5) is 5.69 Å². The zero-order chi connectivity index (χ0) is 17.9. The first-order valence-corrected chi connectivity index (χ1v) is 9.57. The van der Waals surface area contributed by atoms with E-state index in [-0.39, 0.29) is 16.8 Å². The van der Waals surface area contributed by atoms with Crippen molar-refractivity contribution in [1.82, 2.24) is 4.72 Å². The topological polar surface area (TPSA) is 84.5 Å². The van der Waals surface area contributed by atoms with Crippen LogP contribution in [0, 0.1) is 0 Å². The fraction of sp³-hybridized carbons (Fsp3) is 0.278. The summed E-state index contributed by atoms with van der Waals surface area (Å²) in [4.78, 5) is 12.4. The van der Waals surface area contributed by atoms with Crippen molar-refractivity contribution in [3.63, 3.8) is 0 Å². The van der Waals surface area contributed by atoms with Crippen LogP contribution in [0.25, 0.3) is 0 Å². The van der Waals surface area contributed by atoms with Crippen molar-refractivity contribution < 1.29 is 17.9 Å². The van der Waals surface area contributed by atoms with Crippen LogP contribution in [0.5, 0.6) is 5.75 Å². The number of amides is 1. The number of ether oxygens (including phenoxy) is 1. The van der Waals surface area contributed by atoms with Crippen LogP contribution in [-0.4, -0.2) is 26.5 Å². The summed E-state index contributed by atoms with van der Waals surface area (Å²) in [5.41, 5.74) is 0.409. The standard InChI is InChI=1S/C18H20N2O4S/c1-13(24-16-7-3-2-4-8-16)18(21)19-15-6-5-9-17(12-15)25(22,23)20-14-10-11-14/h2-9,12-14,20H,10-11H2,1H3,(H,19,21)/t13-/m1/s1. The van der Waals surface area contributed by atoms with Crippen LogP contribution in [0.15, 0.2) is 59.5 Å². The monoisotopic (exact) mass is 360 g/mol. The summed E-state index contributed by atoms with van der Waals surface area (Å²) < 4.78 is 32.7. The molecule has 0 saturated heterocycles. The number of rotatable bonds is 7. The number of sulfonamides is 1. The van der Waals surface area contributed by atoms with Gasteiger partial charge in [0, 0.05) is 11.7 Å². The smallest absolute Gasteiger partial charge is 0.265 e. The van der Waals surface area contributed by atoms with Crippen molar-refractivity contribution >= 4 is 21.6 Å². The molecule has 1 atom stereocenters. The first kappa shape index (κ1) is 17.4. The second-order valence-corrected chi connectivity index (χ2v) is 7.70. The molecule has 0 unspecified atom stereocenters. The zero-order valence-corrected chi connectivity index (χ0v) is 14.6. The second kappa shape index (κ2) is 7.25. The van der Waals surface area contributed by atoms with Gasteiger partial charge in [-0.15, -0.1) is 0 Å². The van der Waals surface area contributed by atoms with Crippen molar-refractivity contribution in [3.8, 4) is 5.75 Å². The van der Waals surface area contributed by atoms with E-state index >= 15 is 0 Å². The van der Waals surface area contributed by atoms with Gasteiger partial charge < -0.3 is 10.1 Å². The molecule has 0 aromatic heterocycles. The highest BCUT2D eigenvalue weighted by Crippen LogP contribution is 2.23. The Morgan fingerprint density at radius 1 is 1.12 bits per heavy atom. The summed E-state index contributed by atoms with van der Waals surface area (Å²) in [6, 6.07) is 15.2. The maximum absolute atomic E-state index is 12.3. The van der Waals surface area contributed by atoms with Crippen LogP contribution in [-0.2, 0) is 14.8 Å². The molecule has 1 aliphatic carbocycles. The molecular weight excluding hydrogens is 340 g/mol. The van der Waals surface area contributed by atoms with Gasteiger partial charge >= 0.3 is 0 Å². The average Bonchev–Trinajstić information content (AvgIpc) is 3.39. The fourth-order valence-corrected chi connectivity index (χ4v) is 3.58. The number of hydrogen-bond donors (Lipinski definition) is 2. The summed E-state index contributed by atoms with van der Waals surface area (Å²) in [7, 11) is -3.56. The van der Waals surface area contributed by atoms with Gasteiger partial charge in [0.15, 0.2) is 6.10 Å². The summed E-state index contributed by atoms with van der Waals surface area (Å²) in [5, 5.41) is 2.69. The first-order valence-electron chi connectivity index (χ1n) is 8.09. The van der Waals surface area contributed by atoms with Crippen molar-refractivity contribution in [3.05, 3.63) is 54.6 Å². The van der Waals surface area contributed by atoms with Crippen molar-refractivity contribution in [2.75, 3.05) is 5.32 Å². The van der Waals surface area contributed by atoms with E-state index in [1.165, 1.54) is 12.1 Å². The Labute approximate surface area is 147 Å². The van der Waals surface area contributed by atoms with Crippen LogP contribution in [0.1, 0.15) is 19.8 Å². The van der Waals surface area contributed by atoms with Gasteiger partial charge in [0.1, 0.15) is 5.75 Å². The summed E-state index contributed by atoms with van der Waals surface area (Å²) in [6.45, 7) is 1.64. The van der Waals surface area contributed by atoms with Gasteiger partial charge in [-0.25, -0.2) is 13.1 Å². The molecule has 1 aliphatic rings. The number of nitrogens with one attached hydrogen (secondary N) is 2. The van der Waals surface area contributed by atoms with E-state index in [0.717, 1.165) is 12.8 Å². The molecule has 1 saturated carbocycles. The van der Waals surface area contributed by atoms with Crippen LogP contribution < -0.4 is 14.8 Å². The number of anilines is 1. The highest BCUT2D eigenvalue weighted by atomic mass is 32.2. The van der Waals surface area contributed by atoms with E-state index < -0.39 is 16.1 Å². The second-order valence-electron chi connectivity index (χ2n) is 5.99. The maximum Gasteiger partial charge on any atom is 0.265 e. The predicted octanol–water partition coefficient (Wildman–Crippen LogP) is 2.53. The lowest BCUT2D eigenvalue weighted by Crippen LogP contribution is -2.30. The van der Waals surface area contributed by atoms with Gasteiger partial charge in [0.2, 0.25) is 10.0 Å². The van der Waals surface area contributed by atoms with Crippen molar-refractivity contribution in [1.29, 1.82) is 0 Å². The Hall–Kier alpha value is -2.38. The van der Waals surface area contributed by atoms with E-state index in [2.05, 4.69) is 10.0 Å². The number of hydrogen-bond acceptors (Lipinski definition) is 4. The lowest BCUT2D eigenvalue weighted by molar-refractivity contribution is -0.122. The van der Waals surface area contributed by atoms with E-state index in [1.54, 1.807) is 31.2 Å². The van der Waals surface area contributed by atoms with E-state index in [9.17, 15) is 13.2 Å². The Kier molecular flexibility index (Phi) is 5.06. The van der Waals surface area contributed by atoms with Gasteiger partial charge in [-0.2, -0.15) is 0 Å². The van der Waals surface area contributed by atoms with Gasteiger partial charge in [-0.3, -0.25) is 4.79 Å². The first-order chi connectivity index (χ1) is 11.9. The molecule has 7 heteroatoms. The molecule has 0 heterocycles. The van der Waals surface area contributed by atoms with Crippen LogP contribution in [0.2, 0.25) is 0 Å². The molecule has 1 fully saturated rings. The van der Waals surface area contributed by atoms with Crippen molar-refractivity contribution in [2.45, 2.75) is 36.8 Å². The molecule has 6 nitrogen and oxygen atoms in total. The minimum atomic E-state index is -3.56. The normalized spacial score (nSPS) is 15.4. The number of para-hydroxylation sites is 1. The zero-order valence-electron chi connectivity index (χ0n) is 13.8. The predicted molar refractivity (Wildman–Crippen MR) is 94.9 cm³/mol. The SMILES string of the molecule is C[C@@H](Oc1ccccc1)C(=O)Nc1cccc(S(=O)(=O)NC2CC2)c1. The highest BCUT2D eigenvalue weighted by molar-refractivity contribution is 7.89. The highest BCUT2D eigenvalue weighted by Gasteiger charge is 2.28. The summed E-state index contributed by atoms with van der Waals surface area (Å²) >= 11 is 0. The van der Waals surface area contributed by atoms with E-state index in [0.29, 0.717) is 11.4 Å². The molecule has 2 aromatic carbocycles. The Bertz CT molecular complexity index is 848. The molecule has 0 radical (unpaired) electrons. The van der Waals surface area contributed by atoms with Gasteiger partial charge in [0.25, 0.3) is 5.91 Å². The molecule has 0 spiro atoms. The molecule has 132 valence electrons. The number of carbonyl (C=O) groups excluding carboxylic acids is 1. The van der Waals surface area contributed by atoms with E-state index in [4.69, 9.17) is 4.74 Å². The van der Waals surface area contributed by atoms with Gasteiger partial charge in [0.05, 0.1) is 4.90 Å². The summed E-state index contributed by atoms with van der Waals surface area (Å²) in [5.74, 6) is 0.240. The minimum absolute atomic E-state index is 0.0301. The van der Waals surface area contributed by atoms with Gasteiger partial charge in [-0.1, -0.05) is 24.3 Å². The Morgan fingerprint density at radius 3 is 2.52 bits per heavy atom. The largest absolute Gasteiger partial charge is 0.481 e. The third-order valence-electron chi connectivity index (χ3n) is 3.74.